The Morgan fingerprint density at radius 2 is 2.13 bits per heavy atom. The zero-order valence-electron chi connectivity index (χ0n) is 12.4. The Kier molecular flexibility index (Phi) is 7.33. The van der Waals surface area contributed by atoms with Gasteiger partial charge in [-0.3, -0.25) is 4.79 Å². The number of halogens is 3. The van der Waals surface area contributed by atoms with E-state index < -0.39 is 24.3 Å². The first kappa shape index (κ1) is 18.8. The van der Waals surface area contributed by atoms with Crippen molar-refractivity contribution in [2.75, 3.05) is 25.1 Å². The number of urea groups is 1. The van der Waals surface area contributed by atoms with Crippen molar-refractivity contribution in [3.05, 3.63) is 41.3 Å². The molecule has 1 aromatic heterocycles. The van der Waals surface area contributed by atoms with Gasteiger partial charge in [-0.2, -0.15) is 13.2 Å². The van der Waals surface area contributed by atoms with Crippen LogP contribution in [-0.2, 0) is 11.3 Å². The van der Waals surface area contributed by atoms with Gasteiger partial charge in [0.15, 0.2) is 0 Å². The third-order valence-corrected chi connectivity index (χ3v) is 2.62. The number of aromatic nitrogens is 1. The predicted octanol–water partition coefficient (Wildman–Crippen LogP) is 2.12. The molecular formula is C14H18F3N3O3. The Hall–Kier alpha value is -2.29. The Morgan fingerprint density at radius 1 is 1.39 bits per heavy atom. The molecule has 1 heterocycles. The highest BCUT2D eigenvalue weighted by atomic mass is 19.4. The van der Waals surface area contributed by atoms with E-state index in [4.69, 9.17) is 4.74 Å². The number of nitrogens with zero attached hydrogens (tertiary/aromatic N) is 1. The van der Waals surface area contributed by atoms with Crippen molar-refractivity contribution < 1.29 is 22.7 Å². The first-order chi connectivity index (χ1) is 10.8. The average Bonchev–Trinajstić information content (AvgIpc) is 2.45. The van der Waals surface area contributed by atoms with Crippen LogP contribution in [0.3, 0.4) is 0 Å². The number of rotatable bonds is 8. The van der Waals surface area contributed by atoms with Crippen molar-refractivity contribution in [3.8, 4) is 0 Å². The SMILES string of the molecule is C=CCCOCCNC(=O)Nc1cccn(CC(F)(F)F)c1=O. The summed E-state index contributed by atoms with van der Waals surface area (Å²) in [6, 6.07) is 1.79. The van der Waals surface area contributed by atoms with Crippen molar-refractivity contribution >= 4 is 11.7 Å². The van der Waals surface area contributed by atoms with Crippen molar-refractivity contribution in [2.45, 2.75) is 19.1 Å². The van der Waals surface area contributed by atoms with Crippen LogP contribution in [0.5, 0.6) is 0 Å². The maximum absolute atomic E-state index is 12.3. The van der Waals surface area contributed by atoms with Gasteiger partial charge in [-0.15, -0.1) is 6.58 Å². The second-order valence-electron chi connectivity index (χ2n) is 4.54. The predicted molar refractivity (Wildman–Crippen MR) is 79.4 cm³/mol. The first-order valence-corrected chi connectivity index (χ1v) is 6.83. The van der Waals surface area contributed by atoms with E-state index in [1.807, 2.05) is 0 Å². The summed E-state index contributed by atoms with van der Waals surface area (Å²) >= 11 is 0. The lowest BCUT2D eigenvalue weighted by Crippen LogP contribution is -2.35. The topological polar surface area (TPSA) is 72.4 Å². The third kappa shape index (κ3) is 7.50. The Labute approximate surface area is 130 Å². The Balaban J connectivity index is 2.50. The first-order valence-electron chi connectivity index (χ1n) is 6.83. The fraction of sp³-hybridized carbons (Fsp3) is 0.429. The number of alkyl halides is 3. The average molecular weight is 333 g/mol. The van der Waals surface area contributed by atoms with Crippen LogP contribution in [0.15, 0.2) is 35.8 Å². The van der Waals surface area contributed by atoms with Crippen molar-refractivity contribution in [2.24, 2.45) is 0 Å². The van der Waals surface area contributed by atoms with Gasteiger partial charge >= 0.3 is 12.2 Å². The highest BCUT2D eigenvalue weighted by molar-refractivity contribution is 5.88. The normalized spacial score (nSPS) is 11.1. The molecule has 0 aromatic carbocycles. The molecule has 0 unspecified atom stereocenters. The summed E-state index contributed by atoms with van der Waals surface area (Å²) in [6.45, 7) is 3.07. The molecule has 128 valence electrons. The smallest absolute Gasteiger partial charge is 0.379 e. The molecule has 0 radical (unpaired) electrons. The lowest BCUT2D eigenvalue weighted by molar-refractivity contribution is -0.141. The zero-order chi connectivity index (χ0) is 17.3. The molecule has 0 aliphatic heterocycles. The number of hydrogen-bond donors (Lipinski definition) is 2. The van der Waals surface area contributed by atoms with E-state index in [1.54, 1.807) is 6.08 Å². The van der Waals surface area contributed by atoms with Crippen LogP contribution < -0.4 is 16.2 Å². The number of anilines is 1. The third-order valence-electron chi connectivity index (χ3n) is 2.62. The summed E-state index contributed by atoms with van der Waals surface area (Å²) in [5, 5.41) is 4.65. The number of ether oxygens (including phenoxy) is 1. The standard InChI is InChI=1S/C14H18F3N3O3/c1-2-3-8-23-9-6-18-13(22)19-11-5-4-7-20(12(11)21)10-14(15,16)17/h2,4-5,7H,1,3,6,8-10H2,(H2,18,19,22). The molecule has 1 aromatic rings. The summed E-state index contributed by atoms with van der Waals surface area (Å²) in [5.74, 6) is 0. The molecule has 0 saturated heterocycles. The van der Waals surface area contributed by atoms with Crippen molar-refractivity contribution in [1.82, 2.24) is 9.88 Å². The molecule has 0 spiro atoms. The number of nitrogens with one attached hydrogen (secondary N) is 2. The molecule has 6 nitrogen and oxygen atoms in total. The largest absolute Gasteiger partial charge is 0.406 e. The second-order valence-corrected chi connectivity index (χ2v) is 4.54. The highest BCUT2D eigenvalue weighted by Crippen LogP contribution is 2.16. The minimum atomic E-state index is -4.52. The van der Waals surface area contributed by atoms with Gasteiger partial charge in [-0.05, 0) is 18.6 Å². The van der Waals surface area contributed by atoms with Gasteiger partial charge in [0.05, 0.1) is 13.2 Å². The van der Waals surface area contributed by atoms with E-state index >= 15 is 0 Å². The summed E-state index contributed by atoms with van der Waals surface area (Å²) < 4.78 is 42.6. The monoisotopic (exact) mass is 333 g/mol. The molecule has 9 heteroatoms. The number of pyridine rings is 1. The van der Waals surface area contributed by atoms with Gasteiger partial charge in [0.25, 0.3) is 5.56 Å². The zero-order valence-corrected chi connectivity index (χ0v) is 12.4. The molecule has 0 fully saturated rings. The quantitative estimate of drug-likeness (QED) is 0.565. The number of hydrogen-bond acceptors (Lipinski definition) is 3. The summed E-state index contributed by atoms with van der Waals surface area (Å²) in [4.78, 5) is 23.4. The van der Waals surface area contributed by atoms with Crippen LogP contribution in [-0.4, -0.2) is 36.5 Å². The number of carbonyl (C=O) groups excluding carboxylic acids is 1. The molecule has 2 amide bonds. The second kappa shape index (κ2) is 8.99. The van der Waals surface area contributed by atoms with Gasteiger partial charge in [-0.25, -0.2) is 4.79 Å². The van der Waals surface area contributed by atoms with E-state index in [9.17, 15) is 22.8 Å². The minimum Gasteiger partial charge on any atom is -0.379 e. The maximum atomic E-state index is 12.3. The van der Waals surface area contributed by atoms with Crippen molar-refractivity contribution in [3.63, 3.8) is 0 Å². The summed E-state index contributed by atoms with van der Waals surface area (Å²) in [7, 11) is 0. The molecule has 0 saturated carbocycles. The van der Waals surface area contributed by atoms with Crippen LogP contribution in [0.1, 0.15) is 6.42 Å². The Morgan fingerprint density at radius 3 is 2.78 bits per heavy atom. The van der Waals surface area contributed by atoms with E-state index in [0.29, 0.717) is 17.6 Å². The number of carbonyl (C=O) groups is 1. The van der Waals surface area contributed by atoms with Gasteiger partial charge in [0, 0.05) is 12.7 Å². The lowest BCUT2D eigenvalue weighted by Gasteiger charge is -2.11. The van der Waals surface area contributed by atoms with Gasteiger partial charge in [0.1, 0.15) is 12.2 Å². The molecule has 2 N–H and O–H groups in total. The van der Waals surface area contributed by atoms with Crippen LogP contribution in [0, 0.1) is 0 Å². The van der Waals surface area contributed by atoms with Gasteiger partial charge < -0.3 is 19.9 Å². The van der Waals surface area contributed by atoms with E-state index in [0.717, 1.165) is 6.20 Å². The molecule has 0 aliphatic rings. The van der Waals surface area contributed by atoms with E-state index in [1.165, 1.54) is 12.1 Å². The van der Waals surface area contributed by atoms with Gasteiger partial charge in [-0.1, -0.05) is 6.08 Å². The fourth-order valence-corrected chi connectivity index (χ4v) is 1.62. The Bertz CT molecular complexity index is 585. The van der Waals surface area contributed by atoms with Crippen LogP contribution in [0.25, 0.3) is 0 Å². The molecule has 23 heavy (non-hydrogen) atoms. The molecule has 1 rings (SSSR count). The number of amides is 2. The highest BCUT2D eigenvalue weighted by Gasteiger charge is 2.28. The van der Waals surface area contributed by atoms with Crippen LogP contribution in [0.4, 0.5) is 23.7 Å². The molecule has 0 atom stereocenters. The lowest BCUT2D eigenvalue weighted by atomic mass is 10.4. The fourth-order valence-electron chi connectivity index (χ4n) is 1.62. The van der Waals surface area contributed by atoms with Gasteiger partial charge in [0.2, 0.25) is 0 Å². The van der Waals surface area contributed by atoms with E-state index in [2.05, 4.69) is 17.2 Å². The minimum absolute atomic E-state index is 0.201. The summed E-state index contributed by atoms with van der Waals surface area (Å²) in [6.07, 6.45) is -1.13. The molecule has 0 aliphatic carbocycles. The molecular weight excluding hydrogens is 315 g/mol. The van der Waals surface area contributed by atoms with Crippen LogP contribution in [0.2, 0.25) is 0 Å². The van der Waals surface area contributed by atoms with E-state index in [-0.39, 0.29) is 18.8 Å². The molecule has 0 bridgehead atoms. The summed E-state index contributed by atoms with van der Waals surface area (Å²) in [5.41, 5.74) is -1.16. The van der Waals surface area contributed by atoms with Crippen LogP contribution >= 0.6 is 0 Å². The van der Waals surface area contributed by atoms with Crippen molar-refractivity contribution in [1.29, 1.82) is 0 Å². The maximum Gasteiger partial charge on any atom is 0.406 e.